The van der Waals surface area contributed by atoms with E-state index in [1.54, 1.807) is 48.5 Å². The van der Waals surface area contributed by atoms with E-state index >= 15 is 0 Å². The number of aliphatic hydroxyl groups is 1. The summed E-state index contributed by atoms with van der Waals surface area (Å²) in [6, 6.07) is 15.3. The number of rotatable bonds is 6. The van der Waals surface area contributed by atoms with Crippen LogP contribution < -0.4 is 9.80 Å². The molecule has 1 fully saturated rings. The molecule has 0 saturated carbocycles. The third-order valence-corrected chi connectivity index (χ3v) is 5.35. The Morgan fingerprint density at radius 3 is 2.41 bits per heavy atom. The van der Waals surface area contributed by atoms with Gasteiger partial charge in [-0.3, -0.25) is 14.4 Å². The van der Waals surface area contributed by atoms with Crippen LogP contribution in [0.3, 0.4) is 0 Å². The highest BCUT2D eigenvalue weighted by Crippen LogP contribution is 2.34. The fourth-order valence-electron chi connectivity index (χ4n) is 2.79. The molecular formula is C19H17ClN2O4S. The van der Waals surface area contributed by atoms with Crippen LogP contribution in [0.1, 0.15) is 6.42 Å². The first-order valence-corrected chi connectivity index (χ1v) is 9.53. The standard InChI is InChI=1S/C19H17ClN2O4S/c20-13-6-8-15(9-7-13)22-18(25)16(27-19(22)26)12-17(24)21(10-11-23)14-4-2-1-3-5-14/h1-9,16,23H,10-12H2. The first kappa shape index (κ1) is 19.4. The molecule has 6 nitrogen and oxygen atoms in total. The second kappa shape index (κ2) is 8.56. The maximum absolute atomic E-state index is 12.7. The van der Waals surface area contributed by atoms with E-state index in [1.165, 1.54) is 4.90 Å². The van der Waals surface area contributed by atoms with Crippen LogP contribution in [0.4, 0.5) is 16.2 Å². The van der Waals surface area contributed by atoms with Crippen molar-refractivity contribution >= 4 is 51.8 Å². The molecule has 1 unspecified atom stereocenters. The number of para-hydroxylation sites is 1. The van der Waals surface area contributed by atoms with Gasteiger partial charge in [-0.25, -0.2) is 4.90 Å². The minimum absolute atomic E-state index is 0.114. The minimum Gasteiger partial charge on any atom is -0.395 e. The Balaban J connectivity index is 1.75. The van der Waals surface area contributed by atoms with Gasteiger partial charge in [0.1, 0.15) is 5.25 Å². The summed E-state index contributed by atoms with van der Waals surface area (Å²) in [5, 5.41) is 8.55. The number of aliphatic hydroxyl groups excluding tert-OH is 1. The lowest BCUT2D eigenvalue weighted by Crippen LogP contribution is -2.38. The molecular weight excluding hydrogens is 388 g/mol. The molecule has 140 valence electrons. The van der Waals surface area contributed by atoms with Crippen LogP contribution in [0.25, 0.3) is 0 Å². The number of imide groups is 1. The SMILES string of the molecule is O=C(CC1SC(=O)N(c2ccc(Cl)cc2)C1=O)N(CCO)c1ccccc1. The fraction of sp³-hybridized carbons (Fsp3) is 0.211. The smallest absolute Gasteiger partial charge is 0.293 e. The molecule has 3 amide bonds. The van der Waals surface area contributed by atoms with E-state index in [1.807, 2.05) is 6.07 Å². The molecule has 27 heavy (non-hydrogen) atoms. The van der Waals surface area contributed by atoms with E-state index in [4.69, 9.17) is 11.6 Å². The zero-order valence-electron chi connectivity index (χ0n) is 14.2. The van der Waals surface area contributed by atoms with Crippen molar-refractivity contribution in [2.45, 2.75) is 11.7 Å². The molecule has 0 aromatic heterocycles. The zero-order valence-corrected chi connectivity index (χ0v) is 15.8. The summed E-state index contributed by atoms with van der Waals surface area (Å²) in [6.45, 7) is -0.0918. The van der Waals surface area contributed by atoms with Crippen molar-refractivity contribution < 1.29 is 19.5 Å². The molecule has 2 aromatic rings. The molecule has 1 aliphatic rings. The zero-order chi connectivity index (χ0) is 19.4. The van der Waals surface area contributed by atoms with Crippen molar-refractivity contribution in [2.24, 2.45) is 0 Å². The summed E-state index contributed by atoms with van der Waals surface area (Å²) in [5.41, 5.74) is 1.06. The van der Waals surface area contributed by atoms with E-state index in [0.717, 1.165) is 16.7 Å². The quantitative estimate of drug-likeness (QED) is 0.799. The van der Waals surface area contributed by atoms with Crippen LogP contribution in [-0.2, 0) is 9.59 Å². The van der Waals surface area contributed by atoms with Gasteiger partial charge >= 0.3 is 0 Å². The molecule has 0 radical (unpaired) electrons. The Bertz CT molecular complexity index is 845. The number of carbonyl (C=O) groups is 3. The van der Waals surface area contributed by atoms with Gasteiger partial charge in [0.05, 0.1) is 12.3 Å². The maximum atomic E-state index is 12.7. The van der Waals surface area contributed by atoms with Crippen molar-refractivity contribution in [1.29, 1.82) is 0 Å². The van der Waals surface area contributed by atoms with Crippen LogP contribution in [0.15, 0.2) is 54.6 Å². The van der Waals surface area contributed by atoms with Gasteiger partial charge in [0.25, 0.3) is 5.24 Å². The Morgan fingerprint density at radius 1 is 1.11 bits per heavy atom. The topological polar surface area (TPSA) is 77.9 Å². The molecule has 0 bridgehead atoms. The normalized spacial score (nSPS) is 16.7. The minimum atomic E-state index is -0.800. The van der Waals surface area contributed by atoms with Crippen molar-refractivity contribution in [3.8, 4) is 0 Å². The van der Waals surface area contributed by atoms with E-state index in [2.05, 4.69) is 0 Å². The van der Waals surface area contributed by atoms with E-state index < -0.39 is 16.4 Å². The lowest BCUT2D eigenvalue weighted by molar-refractivity contribution is -0.122. The maximum Gasteiger partial charge on any atom is 0.293 e. The van der Waals surface area contributed by atoms with Gasteiger partial charge in [-0.05, 0) is 48.2 Å². The summed E-state index contributed by atoms with van der Waals surface area (Å²) >= 11 is 6.68. The number of amides is 3. The van der Waals surface area contributed by atoms with Crippen molar-refractivity contribution in [3.63, 3.8) is 0 Å². The summed E-state index contributed by atoms with van der Waals surface area (Å²) in [5.74, 6) is -0.760. The van der Waals surface area contributed by atoms with Gasteiger partial charge in [0, 0.05) is 23.7 Å². The molecule has 1 heterocycles. The van der Waals surface area contributed by atoms with Crippen LogP contribution in [0, 0.1) is 0 Å². The predicted molar refractivity (Wildman–Crippen MR) is 106 cm³/mol. The molecule has 1 saturated heterocycles. The predicted octanol–water partition coefficient (Wildman–Crippen LogP) is 3.32. The number of thioether (sulfide) groups is 1. The highest BCUT2D eigenvalue weighted by molar-refractivity contribution is 8.15. The number of hydrogen-bond acceptors (Lipinski definition) is 5. The molecule has 1 aliphatic heterocycles. The van der Waals surface area contributed by atoms with Gasteiger partial charge < -0.3 is 10.0 Å². The van der Waals surface area contributed by atoms with Crippen LogP contribution in [-0.4, -0.2) is 40.6 Å². The van der Waals surface area contributed by atoms with E-state index in [0.29, 0.717) is 16.4 Å². The lowest BCUT2D eigenvalue weighted by atomic mass is 10.2. The number of nitrogens with zero attached hydrogens (tertiary/aromatic N) is 2. The van der Waals surface area contributed by atoms with Gasteiger partial charge in [-0.15, -0.1) is 0 Å². The average Bonchev–Trinajstić information content (AvgIpc) is 2.94. The van der Waals surface area contributed by atoms with Gasteiger partial charge in [-0.2, -0.15) is 0 Å². The van der Waals surface area contributed by atoms with Crippen molar-refractivity contribution in [3.05, 3.63) is 59.6 Å². The van der Waals surface area contributed by atoms with Crippen LogP contribution in [0.5, 0.6) is 0 Å². The monoisotopic (exact) mass is 404 g/mol. The third-order valence-electron chi connectivity index (χ3n) is 4.06. The Hall–Kier alpha value is -2.35. The summed E-state index contributed by atoms with van der Waals surface area (Å²) in [6.07, 6.45) is -0.131. The molecule has 2 aromatic carbocycles. The van der Waals surface area contributed by atoms with Crippen LogP contribution in [0.2, 0.25) is 5.02 Å². The van der Waals surface area contributed by atoms with Gasteiger partial charge in [0.15, 0.2) is 0 Å². The highest BCUT2D eigenvalue weighted by atomic mass is 35.5. The fourth-order valence-corrected chi connectivity index (χ4v) is 3.89. The van der Waals surface area contributed by atoms with Crippen LogP contribution >= 0.6 is 23.4 Å². The molecule has 3 rings (SSSR count). The highest BCUT2D eigenvalue weighted by Gasteiger charge is 2.42. The van der Waals surface area contributed by atoms with Crippen molar-refractivity contribution in [2.75, 3.05) is 23.0 Å². The first-order valence-electron chi connectivity index (χ1n) is 8.27. The second-order valence-electron chi connectivity index (χ2n) is 5.83. The molecule has 8 heteroatoms. The summed E-state index contributed by atoms with van der Waals surface area (Å²) < 4.78 is 0. The second-order valence-corrected chi connectivity index (χ2v) is 7.42. The van der Waals surface area contributed by atoms with Gasteiger partial charge in [0.2, 0.25) is 11.8 Å². The molecule has 0 spiro atoms. The van der Waals surface area contributed by atoms with E-state index in [9.17, 15) is 19.5 Å². The number of hydrogen-bond donors (Lipinski definition) is 1. The Morgan fingerprint density at radius 2 is 1.78 bits per heavy atom. The Labute approximate surface area is 165 Å². The van der Waals surface area contributed by atoms with Gasteiger partial charge in [-0.1, -0.05) is 29.8 Å². The summed E-state index contributed by atoms with van der Waals surface area (Å²) in [4.78, 5) is 40.2. The largest absolute Gasteiger partial charge is 0.395 e. The first-order chi connectivity index (χ1) is 13.0. The summed E-state index contributed by atoms with van der Waals surface area (Å²) in [7, 11) is 0. The lowest BCUT2D eigenvalue weighted by Gasteiger charge is -2.23. The number of benzene rings is 2. The molecule has 0 aliphatic carbocycles. The van der Waals surface area contributed by atoms with Crippen molar-refractivity contribution in [1.82, 2.24) is 0 Å². The van der Waals surface area contributed by atoms with E-state index in [-0.39, 0.29) is 25.5 Å². The molecule has 1 atom stereocenters. The number of anilines is 2. The number of halogens is 1. The number of carbonyl (C=O) groups excluding carboxylic acids is 3. The average molecular weight is 405 g/mol. The molecule has 1 N–H and O–H groups in total. The Kier molecular flexibility index (Phi) is 6.15. The third kappa shape index (κ3) is 4.32.